The Labute approximate surface area is 153 Å². The molecule has 0 bridgehead atoms. The zero-order chi connectivity index (χ0) is 18.7. The topological polar surface area (TPSA) is 39.9 Å². The molecule has 2 aliphatic heterocycles. The third-order valence-electron chi connectivity index (χ3n) is 5.06. The van der Waals surface area contributed by atoms with E-state index < -0.39 is 0 Å². The predicted molar refractivity (Wildman–Crippen MR) is 109 cm³/mol. The van der Waals surface area contributed by atoms with E-state index in [4.69, 9.17) is 0 Å². The predicted octanol–water partition coefficient (Wildman–Crippen LogP) is 4.88. The van der Waals surface area contributed by atoms with E-state index in [0.717, 1.165) is 12.8 Å². The standard InChI is InChI=1S/C22H35N3/c1-19(2)10-16(11-20(3,4)24-19)15-9-18(23-14-15)17-12-21(5,6)25-22(7,8)13-17/h9-10,12,14,23-25H,11,13H2,1-8H3. The molecular formula is C22H35N3. The molecular weight excluding hydrogens is 306 g/mol. The van der Waals surface area contributed by atoms with E-state index in [1.54, 1.807) is 0 Å². The number of hydrogen-bond acceptors (Lipinski definition) is 2. The highest BCUT2D eigenvalue weighted by Gasteiger charge is 2.34. The van der Waals surface area contributed by atoms with Crippen LogP contribution in [0.2, 0.25) is 0 Å². The zero-order valence-electron chi connectivity index (χ0n) is 17.2. The Morgan fingerprint density at radius 1 is 0.720 bits per heavy atom. The molecule has 3 nitrogen and oxygen atoms in total. The summed E-state index contributed by atoms with van der Waals surface area (Å²) in [4.78, 5) is 3.55. The van der Waals surface area contributed by atoms with Gasteiger partial charge in [-0.05, 0) is 91.0 Å². The molecule has 3 N–H and O–H groups in total. The van der Waals surface area contributed by atoms with E-state index in [1.165, 1.54) is 22.4 Å². The molecule has 0 aliphatic carbocycles. The van der Waals surface area contributed by atoms with Crippen LogP contribution in [-0.2, 0) is 0 Å². The van der Waals surface area contributed by atoms with Gasteiger partial charge < -0.3 is 15.6 Å². The van der Waals surface area contributed by atoms with Gasteiger partial charge in [-0.2, -0.15) is 0 Å². The van der Waals surface area contributed by atoms with Crippen molar-refractivity contribution in [3.05, 3.63) is 35.7 Å². The largest absolute Gasteiger partial charge is 0.361 e. The van der Waals surface area contributed by atoms with Crippen molar-refractivity contribution < 1.29 is 0 Å². The minimum Gasteiger partial charge on any atom is -0.361 e. The number of aromatic nitrogens is 1. The molecule has 0 saturated carbocycles. The van der Waals surface area contributed by atoms with Crippen molar-refractivity contribution in [1.82, 2.24) is 15.6 Å². The van der Waals surface area contributed by atoms with Crippen molar-refractivity contribution in [2.75, 3.05) is 0 Å². The van der Waals surface area contributed by atoms with E-state index in [2.05, 4.69) is 95.4 Å². The highest BCUT2D eigenvalue weighted by atomic mass is 15.0. The molecule has 138 valence electrons. The molecule has 3 rings (SSSR count). The quantitative estimate of drug-likeness (QED) is 0.717. The van der Waals surface area contributed by atoms with E-state index in [0.29, 0.717) is 0 Å². The van der Waals surface area contributed by atoms with Gasteiger partial charge in [-0.25, -0.2) is 0 Å². The monoisotopic (exact) mass is 341 g/mol. The third-order valence-corrected chi connectivity index (χ3v) is 5.06. The molecule has 3 heteroatoms. The second kappa shape index (κ2) is 5.59. The van der Waals surface area contributed by atoms with Crippen LogP contribution in [0.1, 0.15) is 79.5 Å². The Bertz CT molecular complexity index is 666. The lowest BCUT2D eigenvalue weighted by atomic mass is 9.81. The first-order valence-electron chi connectivity index (χ1n) is 9.47. The Morgan fingerprint density at radius 2 is 1.20 bits per heavy atom. The maximum atomic E-state index is 3.72. The molecule has 25 heavy (non-hydrogen) atoms. The lowest BCUT2D eigenvalue weighted by Gasteiger charge is -2.41. The average Bonchev–Trinajstić information content (AvgIpc) is 2.80. The second-order valence-electron chi connectivity index (χ2n) is 10.5. The minimum atomic E-state index is 0.0143. The number of hydrogen-bond donors (Lipinski definition) is 3. The molecule has 0 amide bonds. The van der Waals surface area contributed by atoms with Crippen molar-refractivity contribution in [1.29, 1.82) is 0 Å². The van der Waals surface area contributed by atoms with Crippen LogP contribution in [0, 0.1) is 0 Å². The van der Waals surface area contributed by atoms with E-state index in [1.807, 2.05) is 0 Å². The van der Waals surface area contributed by atoms with E-state index >= 15 is 0 Å². The van der Waals surface area contributed by atoms with Crippen molar-refractivity contribution in [2.45, 2.75) is 90.4 Å². The van der Waals surface area contributed by atoms with Gasteiger partial charge in [0.1, 0.15) is 0 Å². The molecule has 2 aliphatic rings. The van der Waals surface area contributed by atoms with Crippen molar-refractivity contribution in [3.8, 4) is 0 Å². The van der Waals surface area contributed by atoms with Crippen molar-refractivity contribution in [3.63, 3.8) is 0 Å². The first kappa shape index (κ1) is 18.5. The summed E-state index contributed by atoms with van der Waals surface area (Å²) in [6.07, 6.45) is 9.02. The highest BCUT2D eigenvalue weighted by molar-refractivity contribution is 5.74. The Hall–Kier alpha value is -1.32. The lowest BCUT2D eigenvalue weighted by molar-refractivity contribution is 0.297. The normalized spacial score (nSPS) is 26.7. The first-order valence-corrected chi connectivity index (χ1v) is 9.47. The van der Waals surface area contributed by atoms with Crippen LogP contribution in [0.4, 0.5) is 0 Å². The molecule has 1 aromatic heterocycles. The van der Waals surface area contributed by atoms with Gasteiger partial charge in [0.25, 0.3) is 0 Å². The SMILES string of the molecule is CC1(C)C=C(c2c[nH]c(C3=CC(C)(C)NC(C)(C)C3)c2)CC(C)(C)N1. The van der Waals surface area contributed by atoms with Crippen LogP contribution in [0.15, 0.2) is 24.4 Å². The van der Waals surface area contributed by atoms with Crippen LogP contribution in [0.25, 0.3) is 11.1 Å². The number of H-pyrrole nitrogens is 1. The second-order valence-corrected chi connectivity index (χ2v) is 10.5. The average molecular weight is 342 g/mol. The fourth-order valence-electron chi connectivity index (χ4n) is 4.95. The van der Waals surface area contributed by atoms with Crippen LogP contribution in [-0.4, -0.2) is 27.1 Å². The molecule has 1 aromatic rings. The Kier molecular flexibility index (Phi) is 4.13. The highest BCUT2D eigenvalue weighted by Crippen LogP contribution is 2.37. The fraction of sp³-hybridized carbons (Fsp3) is 0.636. The summed E-state index contributed by atoms with van der Waals surface area (Å²) in [5.41, 5.74) is 5.69. The number of rotatable bonds is 2. The van der Waals surface area contributed by atoms with E-state index in [9.17, 15) is 0 Å². The van der Waals surface area contributed by atoms with Gasteiger partial charge in [-0.1, -0.05) is 12.2 Å². The first-order chi connectivity index (χ1) is 11.3. The lowest BCUT2D eigenvalue weighted by Crippen LogP contribution is -2.53. The van der Waals surface area contributed by atoms with Gasteiger partial charge in [0.15, 0.2) is 0 Å². The van der Waals surface area contributed by atoms with Gasteiger partial charge in [0.2, 0.25) is 0 Å². The summed E-state index contributed by atoms with van der Waals surface area (Å²) in [5.74, 6) is 0. The molecule has 0 atom stereocenters. The maximum absolute atomic E-state index is 3.72. The summed E-state index contributed by atoms with van der Waals surface area (Å²) in [6.45, 7) is 18.1. The minimum absolute atomic E-state index is 0.0143. The van der Waals surface area contributed by atoms with Gasteiger partial charge in [0, 0.05) is 34.0 Å². The third kappa shape index (κ3) is 4.27. The van der Waals surface area contributed by atoms with E-state index in [-0.39, 0.29) is 22.2 Å². The maximum Gasteiger partial charge on any atom is 0.0417 e. The van der Waals surface area contributed by atoms with Crippen LogP contribution in [0.5, 0.6) is 0 Å². The Morgan fingerprint density at radius 3 is 1.72 bits per heavy atom. The van der Waals surface area contributed by atoms with Crippen LogP contribution < -0.4 is 10.6 Å². The van der Waals surface area contributed by atoms with Crippen LogP contribution in [0.3, 0.4) is 0 Å². The van der Waals surface area contributed by atoms with Gasteiger partial charge >= 0.3 is 0 Å². The molecule has 0 aromatic carbocycles. The molecule has 0 spiro atoms. The molecule has 0 unspecified atom stereocenters. The summed E-state index contributed by atoms with van der Waals surface area (Å²) < 4.78 is 0. The van der Waals surface area contributed by atoms with Crippen molar-refractivity contribution in [2.24, 2.45) is 0 Å². The number of aromatic amines is 1. The van der Waals surface area contributed by atoms with Crippen LogP contribution >= 0.6 is 0 Å². The number of nitrogens with one attached hydrogen (secondary N) is 3. The molecule has 3 heterocycles. The van der Waals surface area contributed by atoms with Gasteiger partial charge in [-0.3, -0.25) is 0 Å². The molecule has 0 fully saturated rings. The molecule has 0 saturated heterocycles. The summed E-state index contributed by atoms with van der Waals surface area (Å²) >= 11 is 0. The molecule has 0 radical (unpaired) electrons. The fourth-order valence-corrected chi connectivity index (χ4v) is 4.95. The van der Waals surface area contributed by atoms with Gasteiger partial charge in [0.05, 0.1) is 0 Å². The van der Waals surface area contributed by atoms with Crippen molar-refractivity contribution >= 4 is 11.1 Å². The summed E-state index contributed by atoms with van der Waals surface area (Å²) in [6, 6.07) is 2.34. The summed E-state index contributed by atoms with van der Waals surface area (Å²) in [7, 11) is 0. The van der Waals surface area contributed by atoms with Gasteiger partial charge in [-0.15, -0.1) is 0 Å². The zero-order valence-corrected chi connectivity index (χ0v) is 17.2. The summed E-state index contributed by atoms with van der Waals surface area (Å²) in [5, 5.41) is 7.43. The smallest absolute Gasteiger partial charge is 0.0417 e. The Balaban J connectivity index is 1.93.